The van der Waals surface area contributed by atoms with Gasteiger partial charge in [-0.15, -0.1) is 11.3 Å². The van der Waals surface area contributed by atoms with Crippen molar-refractivity contribution in [1.29, 1.82) is 0 Å². The van der Waals surface area contributed by atoms with Crippen LogP contribution in [0.3, 0.4) is 0 Å². The van der Waals surface area contributed by atoms with E-state index in [0.29, 0.717) is 0 Å². The van der Waals surface area contributed by atoms with Crippen LogP contribution in [0.25, 0.3) is 0 Å². The molecule has 1 heterocycles. The average Bonchev–Trinajstić information content (AvgIpc) is 3.09. The van der Waals surface area contributed by atoms with Crippen molar-refractivity contribution in [3.8, 4) is 0 Å². The number of hydrogen-bond acceptors (Lipinski definition) is 7. The van der Waals surface area contributed by atoms with Crippen molar-refractivity contribution in [2.45, 2.75) is 6.92 Å². The molecule has 0 spiro atoms. The number of thiazole rings is 1. The zero-order valence-electron chi connectivity index (χ0n) is 14.4. The van der Waals surface area contributed by atoms with Crippen molar-refractivity contribution >= 4 is 45.8 Å². The Morgan fingerprint density at radius 1 is 1.11 bits per heavy atom. The average molecular weight is 412 g/mol. The van der Waals surface area contributed by atoms with Crippen molar-refractivity contribution in [2.75, 3.05) is 23.8 Å². The fraction of sp³-hybridized carbons (Fsp3) is 0.188. The second-order valence-corrected chi connectivity index (χ2v) is 6.11. The summed E-state index contributed by atoms with van der Waals surface area (Å²) in [5.74, 6) is -4.87. The molecule has 148 valence electrons. The largest absolute Gasteiger partial charge is 0.451 e. The van der Waals surface area contributed by atoms with Gasteiger partial charge in [0.25, 0.3) is 5.91 Å². The molecule has 1 aromatic heterocycles. The predicted molar refractivity (Wildman–Crippen MR) is 94.7 cm³/mol. The maximum absolute atomic E-state index is 13.1. The predicted octanol–water partition coefficient (Wildman–Crippen LogP) is 1.29. The van der Waals surface area contributed by atoms with Crippen molar-refractivity contribution in [2.24, 2.45) is 0 Å². The molecule has 0 bridgehead atoms. The van der Waals surface area contributed by atoms with E-state index in [2.05, 4.69) is 20.9 Å². The van der Waals surface area contributed by atoms with E-state index in [9.17, 15) is 28.0 Å². The number of carbonyl (C=O) groups excluding carboxylic acids is 4. The standard InChI is InChI=1S/C16H14F2N4O5S/c1-8(23)20-16-22-12(7-28-16)15(26)27-6-14(25)19-5-13(24)21-9-2-3-10(17)11(18)4-9/h2-4,7H,5-6H2,1H3,(H,19,25)(H,21,24)(H,20,22,23). The number of amides is 3. The number of nitrogens with one attached hydrogen (secondary N) is 3. The van der Waals surface area contributed by atoms with Gasteiger partial charge in [-0.25, -0.2) is 18.6 Å². The molecular formula is C16H14F2N4O5S. The Kier molecular flexibility index (Phi) is 7.09. The van der Waals surface area contributed by atoms with Gasteiger partial charge in [0.2, 0.25) is 11.8 Å². The number of esters is 1. The van der Waals surface area contributed by atoms with E-state index in [1.54, 1.807) is 0 Å². The second-order valence-electron chi connectivity index (χ2n) is 5.25. The first-order valence-electron chi connectivity index (χ1n) is 7.66. The van der Waals surface area contributed by atoms with Crippen LogP contribution in [0, 0.1) is 11.6 Å². The molecule has 0 unspecified atom stereocenters. The van der Waals surface area contributed by atoms with Crippen molar-refractivity contribution < 1.29 is 32.7 Å². The molecule has 1 aromatic carbocycles. The number of anilines is 2. The fourth-order valence-corrected chi connectivity index (χ4v) is 2.52. The van der Waals surface area contributed by atoms with Crippen LogP contribution in [0.15, 0.2) is 23.6 Å². The number of nitrogens with zero attached hydrogens (tertiary/aromatic N) is 1. The topological polar surface area (TPSA) is 126 Å². The lowest BCUT2D eigenvalue weighted by Gasteiger charge is -2.07. The second kappa shape index (κ2) is 9.50. The first kappa shape index (κ1) is 20.9. The van der Waals surface area contributed by atoms with Gasteiger partial charge >= 0.3 is 5.97 Å². The normalized spacial score (nSPS) is 10.1. The molecule has 12 heteroatoms. The molecule has 0 atom stereocenters. The minimum Gasteiger partial charge on any atom is -0.451 e. The summed E-state index contributed by atoms with van der Waals surface area (Å²) in [6.07, 6.45) is 0. The molecule has 3 amide bonds. The van der Waals surface area contributed by atoms with Crippen LogP contribution in [0.5, 0.6) is 0 Å². The van der Waals surface area contributed by atoms with Crippen molar-refractivity contribution in [3.05, 3.63) is 40.9 Å². The zero-order chi connectivity index (χ0) is 20.7. The molecule has 28 heavy (non-hydrogen) atoms. The lowest BCUT2D eigenvalue weighted by Crippen LogP contribution is -2.35. The summed E-state index contributed by atoms with van der Waals surface area (Å²) in [4.78, 5) is 49.8. The highest BCUT2D eigenvalue weighted by molar-refractivity contribution is 7.14. The lowest BCUT2D eigenvalue weighted by atomic mass is 10.3. The summed E-state index contributed by atoms with van der Waals surface area (Å²) >= 11 is 1.01. The summed E-state index contributed by atoms with van der Waals surface area (Å²) < 4.78 is 30.6. The summed E-state index contributed by atoms with van der Waals surface area (Å²) in [7, 11) is 0. The van der Waals surface area contributed by atoms with E-state index in [0.717, 1.165) is 29.5 Å². The molecule has 0 aliphatic carbocycles. The molecule has 0 saturated carbocycles. The molecule has 2 aromatic rings. The van der Waals surface area contributed by atoms with Gasteiger partial charge in [0.05, 0.1) is 6.54 Å². The number of ether oxygens (including phenoxy) is 1. The highest BCUT2D eigenvalue weighted by atomic mass is 32.1. The highest BCUT2D eigenvalue weighted by Gasteiger charge is 2.15. The Balaban J connectivity index is 1.73. The number of aromatic nitrogens is 1. The van der Waals surface area contributed by atoms with E-state index < -0.39 is 42.6 Å². The van der Waals surface area contributed by atoms with Crippen LogP contribution in [-0.2, 0) is 19.1 Å². The van der Waals surface area contributed by atoms with Crippen LogP contribution in [-0.4, -0.2) is 41.8 Å². The van der Waals surface area contributed by atoms with Gasteiger partial charge in [-0.05, 0) is 12.1 Å². The number of hydrogen-bond donors (Lipinski definition) is 3. The number of carbonyl (C=O) groups is 4. The van der Waals surface area contributed by atoms with Crippen molar-refractivity contribution in [3.63, 3.8) is 0 Å². The number of benzene rings is 1. The van der Waals surface area contributed by atoms with Gasteiger partial charge in [-0.2, -0.15) is 0 Å². The number of halogens is 2. The van der Waals surface area contributed by atoms with E-state index in [1.165, 1.54) is 12.3 Å². The van der Waals surface area contributed by atoms with Crippen LogP contribution in [0.2, 0.25) is 0 Å². The Bertz CT molecular complexity index is 918. The van der Waals surface area contributed by atoms with Crippen molar-refractivity contribution in [1.82, 2.24) is 10.3 Å². The summed E-state index contributed by atoms with van der Waals surface area (Å²) in [6.45, 7) is 0.148. The fourth-order valence-electron chi connectivity index (χ4n) is 1.79. The molecule has 0 saturated heterocycles. The van der Waals surface area contributed by atoms with Crippen LogP contribution < -0.4 is 16.0 Å². The zero-order valence-corrected chi connectivity index (χ0v) is 15.2. The Labute approximate surface area is 161 Å². The monoisotopic (exact) mass is 412 g/mol. The minimum absolute atomic E-state index is 0.0167. The maximum Gasteiger partial charge on any atom is 0.358 e. The third kappa shape index (κ3) is 6.39. The van der Waals surface area contributed by atoms with Gasteiger partial charge in [0.1, 0.15) is 0 Å². The Morgan fingerprint density at radius 2 is 1.86 bits per heavy atom. The smallest absolute Gasteiger partial charge is 0.358 e. The van der Waals surface area contributed by atoms with Gasteiger partial charge < -0.3 is 20.7 Å². The van der Waals surface area contributed by atoms with Gasteiger partial charge in [0, 0.05) is 24.1 Å². The van der Waals surface area contributed by atoms with Gasteiger partial charge in [0.15, 0.2) is 29.1 Å². The lowest BCUT2D eigenvalue weighted by molar-refractivity contribution is -0.126. The van der Waals surface area contributed by atoms with E-state index in [4.69, 9.17) is 4.74 Å². The first-order valence-corrected chi connectivity index (χ1v) is 8.54. The Morgan fingerprint density at radius 3 is 2.54 bits per heavy atom. The molecular weight excluding hydrogens is 398 g/mol. The Hall–Kier alpha value is -3.41. The molecule has 9 nitrogen and oxygen atoms in total. The molecule has 0 fully saturated rings. The van der Waals surface area contributed by atoms with E-state index in [1.807, 2.05) is 0 Å². The summed E-state index contributed by atoms with van der Waals surface area (Å²) in [6, 6.07) is 2.79. The quantitative estimate of drug-likeness (QED) is 0.589. The first-order chi connectivity index (χ1) is 13.2. The SMILES string of the molecule is CC(=O)Nc1nc(C(=O)OCC(=O)NCC(=O)Nc2ccc(F)c(F)c2)cs1. The molecule has 3 N–H and O–H groups in total. The minimum atomic E-state index is -1.13. The third-order valence-electron chi connectivity index (χ3n) is 2.98. The van der Waals surface area contributed by atoms with E-state index in [-0.39, 0.29) is 22.4 Å². The van der Waals surface area contributed by atoms with Gasteiger partial charge in [-0.3, -0.25) is 14.4 Å². The summed E-state index contributed by atoms with van der Waals surface area (Å²) in [5.41, 5.74) is -0.0688. The van der Waals surface area contributed by atoms with Crippen LogP contribution in [0.4, 0.5) is 19.6 Å². The van der Waals surface area contributed by atoms with Crippen LogP contribution in [0.1, 0.15) is 17.4 Å². The molecule has 0 aliphatic heterocycles. The maximum atomic E-state index is 13.1. The van der Waals surface area contributed by atoms with Gasteiger partial charge in [-0.1, -0.05) is 0 Å². The third-order valence-corrected chi connectivity index (χ3v) is 3.74. The molecule has 0 aliphatic rings. The highest BCUT2D eigenvalue weighted by Crippen LogP contribution is 2.16. The molecule has 2 rings (SSSR count). The molecule has 0 radical (unpaired) electrons. The van der Waals surface area contributed by atoms with E-state index >= 15 is 0 Å². The summed E-state index contributed by atoms with van der Waals surface area (Å²) in [5, 5.41) is 8.41. The van der Waals surface area contributed by atoms with Crippen LogP contribution >= 0.6 is 11.3 Å². The number of rotatable bonds is 7.